The van der Waals surface area contributed by atoms with Crippen LogP contribution in [0.4, 0.5) is 4.79 Å². The monoisotopic (exact) mass is 552 g/mol. The zero-order valence-corrected chi connectivity index (χ0v) is 23.9. The Hall–Kier alpha value is -3.15. The average molecular weight is 553 g/mol. The molecule has 4 aliphatic rings. The molecule has 4 aliphatic carbocycles. The molecule has 4 N–H and O–H groups in total. The topological polar surface area (TPSA) is 84.6 Å². The van der Waals surface area contributed by atoms with E-state index in [0.29, 0.717) is 6.04 Å². The number of amides is 1. The third-order valence-corrected chi connectivity index (χ3v) is 10.3. The first-order valence-electron chi connectivity index (χ1n) is 15.6. The van der Waals surface area contributed by atoms with Crippen LogP contribution in [0.3, 0.4) is 0 Å². The van der Waals surface area contributed by atoms with Gasteiger partial charge in [0.15, 0.2) is 0 Å². The molecule has 4 fully saturated rings. The van der Waals surface area contributed by atoms with Crippen LogP contribution >= 0.6 is 0 Å². The summed E-state index contributed by atoms with van der Waals surface area (Å²) < 4.78 is 5.35. The standard InChI is InChI=1S/C22H25NO3.C14H19N/c24-21(26-15-16-7-3-1-4-8-16)23-20-13-18-11-12-19(14-20)22(18,25)17-9-5-2-6-10-17;15-13-8-11-6-7-12(9-13)14(11)10-4-2-1-3-5-10/h1-10,18-20,25H,11-15H2,(H,23,24);1-5,11-14H,6-9,15H2. The summed E-state index contributed by atoms with van der Waals surface area (Å²) >= 11 is 0. The van der Waals surface area contributed by atoms with Crippen LogP contribution in [0.1, 0.15) is 74.0 Å². The van der Waals surface area contributed by atoms with Gasteiger partial charge in [0.05, 0.1) is 5.60 Å². The average Bonchev–Trinajstić information content (AvgIpc) is 3.35. The summed E-state index contributed by atoms with van der Waals surface area (Å²) in [5.74, 6) is 2.90. The summed E-state index contributed by atoms with van der Waals surface area (Å²) in [7, 11) is 0. The number of nitrogens with one attached hydrogen (secondary N) is 1. The Morgan fingerprint density at radius 2 is 1.32 bits per heavy atom. The van der Waals surface area contributed by atoms with Crippen molar-refractivity contribution in [3.8, 4) is 0 Å². The van der Waals surface area contributed by atoms with Crippen LogP contribution in [0.15, 0.2) is 91.0 Å². The number of fused-ring (bicyclic) bond motifs is 4. The van der Waals surface area contributed by atoms with E-state index in [-0.39, 0.29) is 30.6 Å². The minimum atomic E-state index is -0.757. The van der Waals surface area contributed by atoms with E-state index < -0.39 is 5.60 Å². The van der Waals surface area contributed by atoms with Gasteiger partial charge >= 0.3 is 6.09 Å². The molecule has 0 radical (unpaired) electrons. The fourth-order valence-electron chi connectivity index (χ4n) is 8.57. The van der Waals surface area contributed by atoms with Crippen molar-refractivity contribution >= 4 is 6.09 Å². The number of nitrogens with two attached hydrogens (primary N) is 1. The van der Waals surface area contributed by atoms with Crippen molar-refractivity contribution in [2.45, 2.75) is 81.6 Å². The summed E-state index contributed by atoms with van der Waals surface area (Å²) in [4.78, 5) is 12.2. The second kappa shape index (κ2) is 12.4. The van der Waals surface area contributed by atoms with Gasteiger partial charge in [0, 0.05) is 12.1 Å². The highest BCUT2D eigenvalue weighted by molar-refractivity contribution is 5.67. The van der Waals surface area contributed by atoms with Gasteiger partial charge in [0.25, 0.3) is 0 Å². The van der Waals surface area contributed by atoms with E-state index in [1.165, 1.54) is 25.7 Å². The van der Waals surface area contributed by atoms with E-state index in [1.807, 2.05) is 60.7 Å². The van der Waals surface area contributed by atoms with Crippen LogP contribution in [0.5, 0.6) is 0 Å². The predicted octanol–water partition coefficient (Wildman–Crippen LogP) is 6.91. The molecule has 0 spiro atoms. The van der Waals surface area contributed by atoms with E-state index in [2.05, 4.69) is 35.6 Å². The van der Waals surface area contributed by atoms with E-state index in [9.17, 15) is 9.90 Å². The molecular formula is C36H44N2O3. The van der Waals surface area contributed by atoms with Crippen LogP contribution in [0.25, 0.3) is 0 Å². The fourth-order valence-corrected chi connectivity index (χ4v) is 8.57. The lowest BCUT2D eigenvalue weighted by Crippen LogP contribution is -2.49. The van der Waals surface area contributed by atoms with Gasteiger partial charge < -0.3 is 20.9 Å². The number of aliphatic hydroxyl groups is 1. The zero-order chi connectivity index (χ0) is 28.2. The highest BCUT2D eigenvalue weighted by Crippen LogP contribution is 2.55. The molecule has 0 heterocycles. The summed E-state index contributed by atoms with van der Waals surface area (Å²) in [6.45, 7) is 0.278. The van der Waals surface area contributed by atoms with Gasteiger partial charge in [0.2, 0.25) is 0 Å². The molecule has 4 saturated carbocycles. The summed E-state index contributed by atoms with van der Waals surface area (Å²) in [5.41, 5.74) is 8.88. The second-order valence-electron chi connectivity index (χ2n) is 12.8. The van der Waals surface area contributed by atoms with Crippen molar-refractivity contribution < 1.29 is 14.6 Å². The summed E-state index contributed by atoms with van der Waals surface area (Å²) in [6, 6.07) is 31.3. The fraction of sp³-hybridized carbons (Fsp3) is 0.472. The van der Waals surface area contributed by atoms with E-state index in [0.717, 1.165) is 54.6 Å². The van der Waals surface area contributed by atoms with E-state index in [1.54, 1.807) is 5.56 Å². The third kappa shape index (κ3) is 6.07. The first-order valence-corrected chi connectivity index (χ1v) is 15.6. The van der Waals surface area contributed by atoms with Crippen LogP contribution in [0.2, 0.25) is 0 Å². The Morgan fingerprint density at radius 1 is 0.780 bits per heavy atom. The number of rotatable bonds is 5. The lowest BCUT2D eigenvalue weighted by Gasteiger charge is -2.43. The van der Waals surface area contributed by atoms with Crippen molar-refractivity contribution in [1.29, 1.82) is 0 Å². The van der Waals surface area contributed by atoms with Crippen LogP contribution in [0, 0.1) is 23.7 Å². The first kappa shape index (κ1) is 28.0. The maximum Gasteiger partial charge on any atom is 0.407 e. The molecule has 5 nitrogen and oxygen atoms in total. The zero-order valence-electron chi connectivity index (χ0n) is 23.9. The molecule has 5 heteroatoms. The molecule has 41 heavy (non-hydrogen) atoms. The van der Waals surface area contributed by atoms with Crippen molar-refractivity contribution in [3.05, 3.63) is 108 Å². The Bertz CT molecular complexity index is 1240. The molecule has 216 valence electrons. The number of carbonyl (C=O) groups is 1. The lowest BCUT2D eigenvalue weighted by atomic mass is 9.69. The van der Waals surface area contributed by atoms with E-state index >= 15 is 0 Å². The summed E-state index contributed by atoms with van der Waals surface area (Å²) in [6.07, 6.45) is 8.52. The highest BCUT2D eigenvalue weighted by Gasteiger charge is 2.54. The largest absolute Gasteiger partial charge is 0.445 e. The van der Waals surface area contributed by atoms with Crippen LogP contribution < -0.4 is 11.1 Å². The van der Waals surface area contributed by atoms with Crippen LogP contribution in [-0.4, -0.2) is 23.3 Å². The molecule has 7 rings (SSSR count). The molecule has 1 amide bonds. The molecule has 3 aromatic carbocycles. The van der Waals surface area contributed by atoms with E-state index in [4.69, 9.17) is 10.5 Å². The number of hydrogen-bond donors (Lipinski definition) is 3. The summed E-state index contributed by atoms with van der Waals surface area (Å²) in [5, 5.41) is 14.4. The van der Waals surface area contributed by atoms with Gasteiger partial charge in [-0.3, -0.25) is 0 Å². The predicted molar refractivity (Wildman–Crippen MR) is 162 cm³/mol. The Kier molecular flexibility index (Phi) is 8.45. The normalized spacial score (nSPS) is 33.4. The second-order valence-corrected chi connectivity index (χ2v) is 12.8. The van der Waals surface area contributed by atoms with Crippen molar-refractivity contribution in [2.75, 3.05) is 0 Å². The van der Waals surface area contributed by atoms with Gasteiger partial charge in [-0.05, 0) is 97.6 Å². The lowest BCUT2D eigenvalue weighted by molar-refractivity contribution is -0.0732. The number of carbonyl (C=O) groups excluding carboxylic acids is 1. The number of alkyl carbamates (subject to hydrolysis) is 1. The third-order valence-electron chi connectivity index (χ3n) is 10.3. The quantitative estimate of drug-likeness (QED) is 0.321. The number of benzene rings is 3. The van der Waals surface area contributed by atoms with Gasteiger partial charge in [0.1, 0.15) is 6.61 Å². The Balaban J connectivity index is 0.000000170. The molecule has 0 aromatic heterocycles. The van der Waals surface area contributed by atoms with Crippen LogP contribution in [-0.2, 0) is 16.9 Å². The molecule has 3 aromatic rings. The molecule has 4 unspecified atom stereocenters. The Labute approximate surface area is 244 Å². The molecule has 4 bridgehead atoms. The highest BCUT2D eigenvalue weighted by atomic mass is 16.5. The molecule has 4 atom stereocenters. The van der Waals surface area contributed by atoms with Crippen molar-refractivity contribution in [1.82, 2.24) is 5.32 Å². The molecule has 0 saturated heterocycles. The molecular weight excluding hydrogens is 508 g/mol. The number of ether oxygens (including phenoxy) is 1. The maximum atomic E-state index is 12.2. The smallest absolute Gasteiger partial charge is 0.407 e. The minimum absolute atomic E-state index is 0.0692. The minimum Gasteiger partial charge on any atom is -0.445 e. The van der Waals surface area contributed by atoms with Gasteiger partial charge in [-0.25, -0.2) is 4.79 Å². The van der Waals surface area contributed by atoms with Gasteiger partial charge in [-0.1, -0.05) is 91.0 Å². The SMILES string of the molecule is NC1CC2CCC(C1)C2c1ccccc1.O=C(NC1CC2CCC(C1)C2(O)c1ccccc1)OCc1ccccc1. The van der Waals surface area contributed by atoms with Gasteiger partial charge in [-0.2, -0.15) is 0 Å². The number of hydrogen-bond acceptors (Lipinski definition) is 4. The van der Waals surface area contributed by atoms with Crippen molar-refractivity contribution in [2.24, 2.45) is 29.4 Å². The molecule has 0 aliphatic heterocycles. The van der Waals surface area contributed by atoms with Crippen molar-refractivity contribution in [3.63, 3.8) is 0 Å². The van der Waals surface area contributed by atoms with Gasteiger partial charge in [-0.15, -0.1) is 0 Å². The Morgan fingerprint density at radius 3 is 1.90 bits per heavy atom. The maximum absolute atomic E-state index is 12.2. The first-order chi connectivity index (χ1) is 20.0.